The predicted octanol–water partition coefficient (Wildman–Crippen LogP) is 2.03. The van der Waals surface area contributed by atoms with Gasteiger partial charge in [-0.25, -0.2) is 0 Å². The molecule has 3 heteroatoms. The Hall–Kier alpha value is -1.06. The molecule has 2 rings (SSSR count). The van der Waals surface area contributed by atoms with Gasteiger partial charge in [0.25, 0.3) is 0 Å². The number of hydrogen-bond donors (Lipinski definition) is 2. The number of benzene rings is 1. The number of ether oxygens (including phenoxy) is 1. The molecule has 2 N–H and O–H groups in total. The number of aliphatic hydroxyl groups is 1. The van der Waals surface area contributed by atoms with E-state index in [0.717, 1.165) is 6.54 Å². The molecule has 1 heterocycles. The quantitative estimate of drug-likeness (QED) is 0.839. The molecular weight excluding hydrogens is 214 g/mol. The highest BCUT2D eigenvalue weighted by molar-refractivity contribution is 5.58. The minimum Gasteiger partial charge on any atom is -0.396 e. The summed E-state index contributed by atoms with van der Waals surface area (Å²) in [6.45, 7) is 8.61. The van der Waals surface area contributed by atoms with Gasteiger partial charge in [0.15, 0.2) is 0 Å². The summed E-state index contributed by atoms with van der Waals surface area (Å²) in [5.74, 6) is 0. The van der Waals surface area contributed by atoms with Crippen molar-refractivity contribution in [2.45, 2.75) is 20.8 Å². The first kappa shape index (κ1) is 12.4. The van der Waals surface area contributed by atoms with Crippen LogP contribution >= 0.6 is 0 Å². The third-order valence-corrected chi connectivity index (χ3v) is 3.47. The van der Waals surface area contributed by atoms with Crippen LogP contribution in [0, 0.1) is 26.2 Å². The molecule has 1 saturated heterocycles. The average molecular weight is 235 g/mol. The van der Waals surface area contributed by atoms with Gasteiger partial charge in [-0.3, -0.25) is 0 Å². The molecule has 1 aromatic carbocycles. The largest absolute Gasteiger partial charge is 0.396 e. The molecule has 17 heavy (non-hydrogen) atoms. The van der Waals surface area contributed by atoms with Crippen LogP contribution < -0.4 is 5.32 Å². The highest BCUT2D eigenvalue weighted by Crippen LogP contribution is 2.29. The van der Waals surface area contributed by atoms with Crippen LogP contribution in [-0.4, -0.2) is 31.5 Å². The fraction of sp³-hybridized carbons (Fsp3) is 0.571. The van der Waals surface area contributed by atoms with Crippen LogP contribution in [0.25, 0.3) is 0 Å². The first-order chi connectivity index (χ1) is 8.06. The van der Waals surface area contributed by atoms with E-state index in [4.69, 9.17) is 4.74 Å². The minimum absolute atomic E-state index is 0.0796. The van der Waals surface area contributed by atoms with E-state index < -0.39 is 0 Å². The van der Waals surface area contributed by atoms with Crippen molar-refractivity contribution in [1.82, 2.24) is 0 Å². The molecule has 1 aromatic rings. The molecule has 1 fully saturated rings. The molecular formula is C14H21NO2. The van der Waals surface area contributed by atoms with Gasteiger partial charge in [-0.15, -0.1) is 0 Å². The van der Waals surface area contributed by atoms with Crippen molar-refractivity contribution in [2.75, 3.05) is 31.7 Å². The van der Waals surface area contributed by atoms with E-state index in [-0.39, 0.29) is 12.0 Å². The summed E-state index contributed by atoms with van der Waals surface area (Å²) >= 11 is 0. The zero-order valence-electron chi connectivity index (χ0n) is 10.8. The maximum Gasteiger partial charge on any atom is 0.0584 e. The SMILES string of the molecule is Cc1cc(C)c(NCC2(CO)COC2)c(C)c1. The number of aryl methyl sites for hydroxylation is 3. The number of anilines is 1. The van der Waals surface area contributed by atoms with Gasteiger partial charge in [0.1, 0.15) is 0 Å². The van der Waals surface area contributed by atoms with Gasteiger partial charge in [0.05, 0.1) is 25.2 Å². The van der Waals surface area contributed by atoms with E-state index in [9.17, 15) is 5.11 Å². The Kier molecular flexibility index (Phi) is 3.40. The lowest BCUT2D eigenvalue weighted by Crippen LogP contribution is -2.50. The average Bonchev–Trinajstić information content (AvgIpc) is 2.19. The number of nitrogens with one attached hydrogen (secondary N) is 1. The van der Waals surface area contributed by atoms with Crippen LogP contribution in [0.3, 0.4) is 0 Å². The van der Waals surface area contributed by atoms with Gasteiger partial charge < -0.3 is 15.2 Å². The molecule has 1 aliphatic rings. The van der Waals surface area contributed by atoms with Crippen molar-refractivity contribution in [3.05, 3.63) is 28.8 Å². The number of aliphatic hydroxyl groups excluding tert-OH is 1. The second-order valence-corrected chi connectivity index (χ2v) is 5.28. The highest BCUT2D eigenvalue weighted by atomic mass is 16.5. The summed E-state index contributed by atoms with van der Waals surface area (Å²) in [4.78, 5) is 0. The second kappa shape index (κ2) is 4.67. The van der Waals surface area contributed by atoms with Gasteiger partial charge in [0, 0.05) is 12.2 Å². The van der Waals surface area contributed by atoms with E-state index >= 15 is 0 Å². The number of hydrogen-bond acceptors (Lipinski definition) is 3. The fourth-order valence-corrected chi connectivity index (χ4v) is 2.37. The van der Waals surface area contributed by atoms with Gasteiger partial charge in [0.2, 0.25) is 0 Å². The predicted molar refractivity (Wildman–Crippen MR) is 69.5 cm³/mol. The lowest BCUT2D eigenvalue weighted by molar-refractivity contribution is -0.128. The van der Waals surface area contributed by atoms with Gasteiger partial charge in [-0.2, -0.15) is 0 Å². The van der Waals surface area contributed by atoms with E-state index in [0.29, 0.717) is 13.2 Å². The Bertz CT molecular complexity index is 382. The van der Waals surface area contributed by atoms with Crippen LogP contribution in [0.4, 0.5) is 5.69 Å². The van der Waals surface area contributed by atoms with E-state index in [1.165, 1.54) is 22.4 Å². The maximum atomic E-state index is 9.38. The summed E-state index contributed by atoms with van der Waals surface area (Å²) < 4.78 is 5.20. The zero-order chi connectivity index (χ0) is 12.5. The van der Waals surface area contributed by atoms with Crippen molar-refractivity contribution in [3.8, 4) is 0 Å². The lowest BCUT2D eigenvalue weighted by Gasteiger charge is -2.40. The molecule has 0 aromatic heterocycles. The highest BCUT2D eigenvalue weighted by Gasteiger charge is 2.37. The van der Waals surface area contributed by atoms with Crippen molar-refractivity contribution in [1.29, 1.82) is 0 Å². The molecule has 0 aliphatic carbocycles. The van der Waals surface area contributed by atoms with E-state index in [1.54, 1.807) is 0 Å². The molecule has 0 bridgehead atoms. The molecule has 94 valence electrons. The Morgan fingerprint density at radius 3 is 2.24 bits per heavy atom. The molecule has 0 atom stereocenters. The molecule has 3 nitrogen and oxygen atoms in total. The van der Waals surface area contributed by atoms with Crippen LogP contribution in [0.1, 0.15) is 16.7 Å². The third kappa shape index (κ3) is 2.45. The minimum atomic E-state index is -0.0796. The van der Waals surface area contributed by atoms with Crippen LogP contribution in [-0.2, 0) is 4.74 Å². The topological polar surface area (TPSA) is 41.5 Å². The molecule has 0 spiro atoms. The van der Waals surface area contributed by atoms with E-state index in [1.807, 2.05) is 0 Å². The fourth-order valence-electron chi connectivity index (χ4n) is 2.37. The van der Waals surface area contributed by atoms with E-state index in [2.05, 4.69) is 38.2 Å². The molecule has 0 radical (unpaired) electrons. The summed E-state index contributed by atoms with van der Waals surface area (Å²) in [5.41, 5.74) is 4.92. The molecule has 0 saturated carbocycles. The van der Waals surface area contributed by atoms with Crippen molar-refractivity contribution in [3.63, 3.8) is 0 Å². The van der Waals surface area contributed by atoms with Crippen LogP contribution in [0.15, 0.2) is 12.1 Å². The van der Waals surface area contributed by atoms with Crippen LogP contribution in [0.5, 0.6) is 0 Å². The Balaban J connectivity index is 2.09. The summed E-state index contributed by atoms with van der Waals surface area (Å²) in [5, 5.41) is 12.8. The Morgan fingerprint density at radius 2 is 1.82 bits per heavy atom. The van der Waals surface area contributed by atoms with Crippen molar-refractivity contribution in [2.24, 2.45) is 5.41 Å². The third-order valence-electron chi connectivity index (χ3n) is 3.47. The normalized spacial score (nSPS) is 17.6. The molecule has 0 amide bonds. The maximum absolute atomic E-state index is 9.38. The second-order valence-electron chi connectivity index (χ2n) is 5.28. The van der Waals surface area contributed by atoms with Crippen molar-refractivity contribution >= 4 is 5.69 Å². The molecule has 0 unspecified atom stereocenters. The first-order valence-electron chi connectivity index (χ1n) is 6.07. The molecule has 1 aliphatic heterocycles. The van der Waals surface area contributed by atoms with Crippen LogP contribution in [0.2, 0.25) is 0 Å². The van der Waals surface area contributed by atoms with Gasteiger partial charge >= 0.3 is 0 Å². The van der Waals surface area contributed by atoms with Gasteiger partial charge in [-0.05, 0) is 31.9 Å². The summed E-state index contributed by atoms with van der Waals surface area (Å²) in [6, 6.07) is 4.36. The standard InChI is InChI=1S/C14H21NO2/c1-10-4-11(2)13(12(3)5-10)15-6-14(7-16)8-17-9-14/h4-5,15-16H,6-9H2,1-3H3. The summed E-state index contributed by atoms with van der Waals surface area (Å²) in [6.07, 6.45) is 0. The van der Waals surface area contributed by atoms with Crippen molar-refractivity contribution < 1.29 is 9.84 Å². The Morgan fingerprint density at radius 1 is 1.24 bits per heavy atom. The first-order valence-corrected chi connectivity index (χ1v) is 6.07. The summed E-state index contributed by atoms with van der Waals surface area (Å²) in [7, 11) is 0. The van der Waals surface area contributed by atoms with Gasteiger partial charge in [-0.1, -0.05) is 17.7 Å². The Labute approximate surface area is 103 Å². The number of rotatable bonds is 4. The smallest absolute Gasteiger partial charge is 0.0584 e. The lowest BCUT2D eigenvalue weighted by atomic mass is 9.86. The monoisotopic (exact) mass is 235 g/mol. The zero-order valence-corrected chi connectivity index (χ0v) is 10.8.